The van der Waals surface area contributed by atoms with E-state index in [2.05, 4.69) is 44.3 Å². The summed E-state index contributed by atoms with van der Waals surface area (Å²) in [5, 5.41) is 13.2. The summed E-state index contributed by atoms with van der Waals surface area (Å²) in [6.45, 7) is 7.07. The first-order valence-electron chi connectivity index (χ1n) is 7.69. The fourth-order valence-corrected chi connectivity index (χ4v) is 4.36. The maximum atomic E-state index is 11.7. The molecule has 0 bridgehead atoms. The lowest BCUT2D eigenvalue weighted by molar-refractivity contribution is -0.144. The molecule has 1 saturated carbocycles. The van der Waals surface area contributed by atoms with E-state index in [1.54, 1.807) is 0 Å². The van der Waals surface area contributed by atoms with Gasteiger partial charge in [-0.3, -0.25) is 4.79 Å². The normalized spacial score (nSPS) is 25.2. The first-order valence-corrected chi connectivity index (χ1v) is 8.57. The van der Waals surface area contributed by atoms with Crippen molar-refractivity contribution in [2.24, 2.45) is 0 Å². The van der Waals surface area contributed by atoms with Crippen molar-refractivity contribution in [2.45, 2.75) is 62.1 Å². The molecule has 0 aliphatic heterocycles. The van der Waals surface area contributed by atoms with Gasteiger partial charge in [-0.2, -0.15) is 0 Å². The number of carboxylic acid groups (broad SMARTS) is 1. The Morgan fingerprint density at radius 3 is 2.86 bits per heavy atom. The third kappa shape index (κ3) is 3.80. The summed E-state index contributed by atoms with van der Waals surface area (Å²) < 4.78 is 0. The first-order chi connectivity index (χ1) is 9.97. The van der Waals surface area contributed by atoms with Crippen LogP contribution in [0.15, 0.2) is 23.1 Å². The number of hydrogen-bond donors (Lipinski definition) is 2. The Bertz CT molecular complexity index is 518. The van der Waals surface area contributed by atoms with E-state index < -0.39 is 11.5 Å². The number of benzene rings is 1. The van der Waals surface area contributed by atoms with Gasteiger partial charge >= 0.3 is 5.97 Å². The van der Waals surface area contributed by atoms with Crippen LogP contribution in [0, 0.1) is 13.8 Å². The molecule has 1 aliphatic carbocycles. The minimum Gasteiger partial charge on any atom is -0.480 e. The Morgan fingerprint density at radius 1 is 1.48 bits per heavy atom. The van der Waals surface area contributed by atoms with E-state index in [0.717, 1.165) is 25.8 Å². The van der Waals surface area contributed by atoms with Crippen molar-refractivity contribution in [2.75, 3.05) is 6.54 Å². The molecule has 3 nitrogen and oxygen atoms in total. The number of rotatable bonds is 6. The van der Waals surface area contributed by atoms with Crippen molar-refractivity contribution in [3.63, 3.8) is 0 Å². The number of carboxylic acids is 1. The smallest absolute Gasteiger partial charge is 0.323 e. The van der Waals surface area contributed by atoms with Crippen LogP contribution in [-0.4, -0.2) is 28.4 Å². The number of aliphatic carboxylic acids is 1. The van der Waals surface area contributed by atoms with Crippen LogP contribution in [0.5, 0.6) is 0 Å². The molecule has 2 N–H and O–H groups in total. The second-order valence-corrected chi connectivity index (χ2v) is 7.41. The van der Waals surface area contributed by atoms with Crippen molar-refractivity contribution in [3.8, 4) is 0 Å². The highest BCUT2D eigenvalue weighted by molar-refractivity contribution is 8.00. The van der Waals surface area contributed by atoms with Crippen LogP contribution in [0.1, 0.15) is 43.7 Å². The van der Waals surface area contributed by atoms with Crippen LogP contribution in [0.25, 0.3) is 0 Å². The van der Waals surface area contributed by atoms with Crippen LogP contribution < -0.4 is 5.32 Å². The quantitative estimate of drug-likeness (QED) is 0.840. The van der Waals surface area contributed by atoms with Crippen LogP contribution in [0.3, 0.4) is 0 Å². The minimum atomic E-state index is -0.716. The zero-order chi connectivity index (χ0) is 15.5. The summed E-state index contributed by atoms with van der Waals surface area (Å²) in [7, 11) is 0. The largest absolute Gasteiger partial charge is 0.480 e. The summed E-state index contributed by atoms with van der Waals surface area (Å²) in [6.07, 6.45) is 3.36. The van der Waals surface area contributed by atoms with Crippen molar-refractivity contribution in [3.05, 3.63) is 29.3 Å². The highest BCUT2D eigenvalue weighted by Gasteiger charge is 2.45. The molecule has 1 fully saturated rings. The summed E-state index contributed by atoms with van der Waals surface area (Å²) in [5.74, 6) is -0.695. The zero-order valence-corrected chi connectivity index (χ0v) is 13.9. The molecule has 116 valence electrons. The van der Waals surface area contributed by atoms with Crippen LogP contribution in [-0.2, 0) is 4.79 Å². The summed E-state index contributed by atoms with van der Waals surface area (Å²) in [5.41, 5.74) is 1.84. The van der Waals surface area contributed by atoms with Gasteiger partial charge in [0, 0.05) is 10.1 Å². The zero-order valence-electron chi connectivity index (χ0n) is 13.1. The van der Waals surface area contributed by atoms with Crippen LogP contribution in [0.4, 0.5) is 0 Å². The topological polar surface area (TPSA) is 49.3 Å². The number of aryl methyl sites for hydroxylation is 2. The molecule has 2 rings (SSSR count). The number of thioether (sulfide) groups is 1. The van der Waals surface area contributed by atoms with Crippen LogP contribution in [0.2, 0.25) is 0 Å². The molecule has 0 saturated heterocycles. The second-order valence-electron chi connectivity index (χ2n) is 6.07. The van der Waals surface area contributed by atoms with Gasteiger partial charge in [-0.15, -0.1) is 11.8 Å². The molecule has 0 heterocycles. The van der Waals surface area contributed by atoms with Gasteiger partial charge in [0.25, 0.3) is 0 Å². The third-order valence-electron chi connectivity index (χ3n) is 4.22. The monoisotopic (exact) mass is 307 g/mol. The van der Waals surface area contributed by atoms with Crippen molar-refractivity contribution < 1.29 is 9.90 Å². The maximum absolute atomic E-state index is 11.7. The van der Waals surface area contributed by atoms with Gasteiger partial charge < -0.3 is 10.4 Å². The summed E-state index contributed by atoms with van der Waals surface area (Å²) >= 11 is 1.84. The average Bonchev–Trinajstić information content (AvgIpc) is 2.84. The fraction of sp³-hybridized carbons (Fsp3) is 0.588. The first kappa shape index (κ1) is 16.4. The minimum absolute atomic E-state index is 0.381. The fourth-order valence-electron chi connectivity index (χ4n) is 3.01. The summed E-state index contributed by atoms with van der Waals surface area (Å²) in [4.78, 5) is 12.9. The van der Waals surface area contributed by atoms with Gasteiger partial charge in [0.1, 0.15) is 5.54 Å². The Labute approximate surface area is 131 Å². The highest BCUT2D eigenvalue weighted by atomic mass is 32.2. The van der Waals surface area contributed by atoms with Crippen molar-refractivity contribution in [1.82, 2.24) is 5.32 Å². The molecule has 1 aliphatic rings. The number of hydrogen-bond acceptors (Lipinski definition) is 3. The van der Waals surface area contributed by atoms with E-state index in [1.807, 2.05) is 11.8 Å². The number of nitrogens with one attached hydrogen (secondary N) is 1. The van der Waals surface area contributed by atoms with Gasteiger partial charge in [-0.25, -0.2) is 0 Å². The van der Waals surface area contributed by atoms with E-state index in [1.165, 1.54) is 16.0 Å². The Balaban J connectivity index is 2.05. The van der Waals surface area contributed by atoms with E-state index in [9.17, 15) is 9.90 Å². The lowest BCUT2D eigenvalue weighted by atomic mass is 9.98. The summed E-state index contributed by atoms with van der Waals surface area (Å²) in [6, 6.07) is 6.48. The molecule has 2 atom stereocenters. The molecule has 1 aromatic rings. The predicted molar refractivity (Wildman–Crippen MR) is 88.1 cm³/mol. The molecule has 0 amide bonds. The van der Waals surface area contributed by atoms with Gasteiger partial charge in [-0.1, -0.05) is 24.6 Å². The lowest BCUT2D eigenvalue weighted by Crippen LogP contribution is -2.50. The molecule has 0 aromatic heterocycles. The Kier molecular flexibility index (Phi) is 5.33. The molecule has 2 unspecified atom stereocenters. The SMILES string of the molecule is CCCNC1(C(=O)O)CCC(Sc2ccc(C)cc2C)C1. The van der Waals surface area contributed by atoms with Crippen LogP contribution >= 0.6 is 11.8 Å². The number of carbonyl (C=O) groups is 1. The molecule has 21 heavy (non-hydrogen) atoms. The Hall–Kier alpha value is -1.00. The molecular weight excluding hydrogens is 282 g/mol. The van der Waals surface area contributed by atoms with Gasteiger partial charge in [-0.05, 0) is 57.7 Å². The second kappa shape index (κ2) is 6.84. The lowest BCUT2D eigenvalue weighted by Gasteiger charge is -2.26. The van der Waals surface area contributed by atoms with Gasteiger partial charge in [0.15, 0.2) is 0 Å². The van der Waals surface area contributed by atoms with Gasteiger partial charge in [0.05, 0.1) is 0 Å². The van der Waals surface area contributed by atoms with E-state index >= 15 is 0 Å². The van der Waals surface area contributed by atoms with Crippen molar-refractivity contribution in [1.29, 1.82) is 0 Å². The third-order valence-corrected chi connectivity index (χ3v) is 5.66. The molecule has 4 heteroatoms. The average molecular weight is 307 g/mol. The van der Waals surface area contributed by atoms with Gasteiger partial charge in [0.2, 0.25) is 0 Å². The standard InChI is InChI=1S/C17H25NO2S/c1-4-9-18-17(16(19)20)8-7-14(11-17)21-15-6-5-12(2)10-13(15)3/h5-6,10,14,18H,4,7-9,11H2,1-3H3,(H,19,20). The van der Waals surface area contributed by atoms with E-state index in [0.29, 0.717) is 11.7 Å². The molecular formula is C17H25NO2S. The Morgan fingerprint density at radius 2 is 2.24 bits per heavy atom. The highest BCUT2D eigenvalue weighted by Crippen LogP contribution is 2.41. The molecule has 0 radical (unpaired) electrons. The van der Waals surface area contributed by atoms with E-state index in [-0.39, 0.29) is 0 Å². The molecule has 0 spiro atoms. The van der Waals surface area contributed by atoms with Crippen molar-refractivity contribution >= 4 is 17.7 Å². The van der Waals surface area contributed by atoms with E-state index in [4.69, 9.17) is 0 Å². The molecule has 1 aromatic carbocycles. The maximum Gasteiger partial charge on any atom is 0.323 e. The predicted octanol–water partition coefficient (Wildman–Crippen LogP) is 3.77.